The van der Waals surface area contributed by atoms with E-state index in [2.05, 4.69) is 0 Å². The van der Waals surface area contributed by atoms with Crippen LogP contribution in [-0.4, -0.2) is 5.11 Å². The molecule has 0 bridgehead atoms. The lowest BCUT2D eigenvalue weighted by Crippen LogP contribution is -2.25. The van der Waals surface area contributed by atoms with Crippen LogP contribution in [0, 0.1) is 5.92 Å². The predicted molar refractivity (Wildman–Crippen MR) is 82.0 cm³/mol. The van der Waals surface area contributed by atoms with Crippen LogP contribution in [0.4, 0.5) is 0 Å². The summed E-state index contributed by atoms with van der Waals surface area (Å²) in [5, 5.41) is 11.6. The first kappa shape index (κ1) is 13.9. The molecule has 3 rings (SSSR count). The van der Waals surface area contributed by atoms with Crippen LogP contribution in [0.15, 0.2) is 42.5 Å². The van der Waals surface area contributed by atoms with Crippen LogP contribution < -0.4 is 5.73 Å². The third-order valence-corrected chi connectivity index (χ3v) is 4.58. The zero-order chi connectivity index (χ0) is 14.3. The van der Waals surface area contributed by atoms with Crippen molar-refractivity contribution in [2.24, 2.45) is 11.7 Å². The summed E-state index contributed by atoms with van der Waals surface area (Å²) < 4.78 is 0. The van der Waals surface area contributed by atoms with Gasteiger partial charge < -0.3 is 10.8 Å². The molecule has 104 valence electrons. The largest absolute Gasteiger partial charge is 0.388 e. The molecule has 1 aliphatic carbocycles. The number of hydrogen-bond acceptors (Lipinski definition) is 2. The molecule has 1 aliphatic rings. The smallest absolute Gasteiger partial charge is 0.0842 e. The molecule has 2 aromatic rings. The molecule has 0 radical (unpaired) electrons. The Labute approximate surface area is 128 Å². The third-order valence-electron chi connectivity index (χ3n) is 4.02. The van der Waals surface area contributed by atoms with Gasteiger partial charge in [0, 0.05) is 22.0 Å². The minimum Gasteiger partial charge on any atom is -0.388 e. The van der Waals surface area contributed by atoms with E-state index in [0.717, 1.165) is 23.1 Å². The maximum atomic E-state index is 10.5. The van der Waals surface area contributed by atoms with Gasteiger partial charge in [0.2, 0.25) is 0 Å². The number of rotatable bonds is 2. The number of nitrogens with two attached hydrogens (primary N) is 1. The van der Waals surface area contributed by atoms with Crippen LogP contribution in [0.3, 0.4) is 0 Å². The van der Waals surface area contributed by atoms with Crippen molar-refractivity contribution in [3.8, 4) is 0 Å². The Kier molecular flexibility index (Phi) is 3.74. The summed E-state index contributed by atoms with van der Waals surface area (Å²) in [6.07, 6.45) is 0.213. The van der Waals surface area contributed by atoms with Gasteiger partial charge in [-0.1, -0.05) is 53.5 Å². The van der Waals surface area contributed by atoms with Crippen molar-refractivity contribution in [3.05, 3.63) is 69.2 Å². The Morgan fingerprint density at radius 1 is 1.15 bits per heavy atom. The van der Waals surface area contributed by atoms with Gasteiger partial charge in [-0.3, -0.25) is 0 Å². The van der Waals surface area contributed by atoms with Crippen LogP contribution >= 0.6 is 23.2 Å². The molecule has 20 heavy (non-hydrogen) atoms. The van der Waals surface area contributed by atoms with E-state index in [0.29, 0.717) is 10.0 Å². The predicted octanol–water partition coefficient (Wildman–Crippen LogP) is 3.90. The lowest BCUT2D eigenvalue weighted by Gasteiger charge is -2.24. The standard InChI is InChI=1S/C16H15Cl2NO/c17-10-5-6-12(14(18)8-10)15(19)13-7-9-3-1-2-4-11(9)16(13)20/h1-6,8,13,15-16,20H,7,19H2/t13-,15-,16+/m1/s1. The Bertz CT molecular complexity index is 644. The Morgan fingerprint density at radius 3 is 2.60 bits per heavy atom. The average molecular weight is 308 g/mol. The van der Waals surface area contributed by atoms with Gasteiger partial charge in [0.1, 0.15) is 0 Å². The molecule has 0 heterocycles. The number of benzene rings is 2. The van der Waals surface area contributed by atoms with Crippen LogP contribution in [0.2, 0.25) is 10.0 Å². The van der Waals surface area contributed by atoms with E-state index in [9.17, 15) is 5.11 Å². The molecule has 0 unspecified atom stereocenters. The van der Waals surface area contributed by atoms with Gasteiger partial charge in [-0.15, -0.1) is 0 Å². The molecule has 0 aliphatic heterocycles. The molecule has 0 aromatic heterocycles. The summed E-state index contributed by atoms with van der Waals surface area (Å²) in [5.41, 5.74) is 9.29. The normalized spacial score (nSPS) is 22.6. The molecule has 0 saturated heterocycles. The summed E-state index contributed by atoms with van der Waals surface area (Å²) >= 11 is 12.1. The Hall–Kier alpha value is -1.06. The molecule has 0 fully saturated rings. The van der Waals surface area contributed by atoms with E-state index in [-0.39, 0.29) is 12.0 Å². The molecule has 3 N–H and O–H groups in total. The van der Waals surface area contributed by atoms with Crippen LogP contribution in [0.25, 0.3) is 0 Å². The number of aliphatic hydroxyl groups excluding tert-OH is 1. The highest BCUT2D eigenvalue weighted by atomic mass is 35.5. The quantitative estimate of drug-likeness (QED) is 0.884. The van der Waals surface area contributed by atoms with Gasteiger partial charge in [-0.2, -0.15) is 0 Å². The first-order chi connectivity index (χ1) is 9.58. The van der Waals surface area contributed by atoms with Crippen LogP contribution in [-0.2, 0) is 6.42 Å². The highest BCUT2D eigenvalue weighted by molar-refractivity contribution is 6.35. The SMILES string of the molecule is N[C@H](c1ccc(Cl)cc1Cl)[C@H]1Cc2ccccc2[C@@H]1O. The van der Waals surface area contributed by atoms with E-state index >= 15 is 0 Å². The second-order valence-corrected chi connectivity index (χ2v) is 6.05. The van der Waals surface area contributed by atoms with Crippen molar-refractivity contribution < 1.29 is 5.11 Å². The van der Waals surface area contributed by atoms with Crippen molar-refractivity contribution in [3.63, 3.8) is 0 Å². The monoisotopic (exact) mass is 307 g/mol. The Morgan fingerprint density at radius 2 is 1.90 bits per heavy atom. The second kappa shape index (κ2) is 5.38. The van der Waals surface area contributed by atoms with Gasteiger partial charge in [-0.05, 0) is 35.2 Å². The maximum absolute atomic E-state index is 10.5. The van der Waals surface area contributed by atoms with Crippen LogP contribution in [0.5, 0.6) is 0 Å². The lowest BCUT2D eigenvalue weighted by molar-refractivity contribution is 0.108. The van der Waals surface area contributed by atoms with Gasteiger partial charge in [-0.25, -0.2) is 0 Å². The summed E-state index contributed by atoms with van der Waals surface area (Å²) in [4.78, 5) is 0. The first-order valence-corrected chi connectivity index (χ1v) is 7.30. The zero-order valence-electron chi connectivity index (χ0n) is 10.8. The fourth-order valence-corrected chi connectivity index (χ4v) is 3.47. The van der Waals surface area contributed by atoms with Crippen molar-refractivity contribution in [2.75, 3.05) is 0 Å². The summed E-state index contributed by atoms with van der Waals surface area (Å²) in [5.74, 6) is -0.0638. The van der Waals surface area contributed by atoms with Crippen molar-refractivity contribution >= 4 is 23.2 Å². The van der Waals surface area contributed by atoms with Crippen LogP contribution in [0.1, 0.15) is 28.8 Å². The molecular formula is C16H15Cl2NO. The van der Waals surface area contributed by atoms with E-state index in [1.54, 1.807) is 12.1 Å². The van der Waals surface area contributed by atoms with Gasteiger partial charge in [0.25, 0.3) is 0 Å². The van der Waals surface area contributed by atoms with E-state index in [1.165, 1.54) is 0 Å². The molecule has 4 heteroatoms. The van der Waals surface area contributed by atoms with E-state index in [4.69, 9.17) is 28.9 Å². The van der Waals surface area contributed by atoms with Crippen molar-refractivity contribution in [1.29, 1.82) is 0 Å². The molecular weight excluding hydrogens is 293 g/mol. The number of halogens is 2. The van der Waals surface area contributed by atoms with Gasteiger partial charge in [0.05, 0.1) is 6.10 Å². The number of aliphatic hydroxyl groups is 1. The summed E-state index contributed by atoms with van der Waals surface area (Å²) in [6, 6.07) is 12.9. The summed E-state index contributed by atoms with van der Waals surface area (Å²) in [6.45, 7) is 0. The lowest BCUT2D eigenvalue weighted by atomic mass is 9.89. The molecule has 0 saturated carbocycles. The maximum Gasteiger partial charge on any atom is 0.0842 e. The third kappa shape index (κ3) is 2.33. The van der Waals surface area contributed by atoms with E-state index < -0.39 is 6.10 Å². The molecule has 2 nitrogen and oxygen atoms in total. The Balaban J connectivity index is 1.91. The minimum atomic E-state index is -0.548. The second-order valence-electron chi connectivity index (χ2n) is 5.20. The molecule has 0 spiro atoms. The fourth-order valence-electron chi connectivity index (χ4n) is 2.93. The molecule has 2 aromatic carbocycles. The average Bonchev–Trinajstić information content (AvgIpc) is 2.76. The summed E-state index contributed by atoms with van der Waals surface area (Å²) in [7, 11) is 0. The van der Waals surface area contributed by atoms with E-state index in [1.807, 2.05) is 30.3 Å². The molecule has 0 amide bonds. The minimum absolute atomic E-state index is 0.0638. The first-order valence-electron chi connectivity index (χ1n) is 6.54. The highest BCUT2D eigenvalue weighted by Crippen LogP contribution is 2.43. The highest BCUT2D eigenvalue weighted by Gasteiger charge is 2.35. The van der Waals surface area contributed by atoms with Crippen molar-refractivity contribution in [2.45, 2.75) is 18.6 Å². The van der Waals surface area contributed by atoms with Gasteiger partial charge >= 0.3 is 0 Å². The topological polar surface area (TPSA) is 46.2 Å². The number of fused-ring (bicyclic) bond motifs is 1. The number of hydrogen-bond donors (Lipinski definition) is 2. The van der Waals surface area contributed by atoms with Crippen molar-refractivity contribution in [1.82, 2.24) is 0 Å². The fraction of sp³-hybridized carbons (Fsp3) is 0.250. The van der Waals surface area contributed by atoms with Gasteiger partial charge in [0.15, 0.2) is 0 Å². The zero-order valence-corrected chi connectivity index (χ0v) is 12.3. The molecule has 3 atom stereocenters.